The zero-order valence-corrected chi connectivity index (χ0v) is 22.7. The maximum Gasteiger partial charge on any atom is 0.262 e. The SMILES string of the molecule is COc1ccc(S(=O)(=O)Nc2cccc3c2O[C@@H](CN(C)CC2CC2)[C@H](C)CN([C@H](C)CO)C3=O)cc1. The van der Waals surface area contributed by atoms with E-state index in [-0.39, 0.29) is 46.4 Å². The molecular formula is C27H37N3O6S. The van der Waals surface area contributed by atoms with E-state index in [1.54, 1.807) is 42.2 Å². The van der Waals surface area contributed by atoms with Crippen molar-refractivity contribution in [2.24, 2.45) is 11.8 Å². The predicted molar refractivity (Wildman–Crippen MR) is 142 cm³/mol. The lowest BCUT2D eigenvalue weighted by Crippen LogP contribution is -2.50. The van der Waals surface area contributed by atoms with Crippen molar-refractivity contribution in [3.63, 3.8) is 0 Å². The minimum absolute atomic E-state index is 0.0565. The van der Waals surface area contributed by atoms with Gasteiger partial charge in [0.05, 0.1) is 35.9 Å². The average Bonchev–Trinajstić information content (AvgIpc) is 3.69. The third-order valence-corrected chi connectivity index (χ3v) is 8.45. The number of amides is 1. The van der Waals surface area contributed by atoms with Gasteiger partial charge in [0.2, 0.25) is 0 Å². The van der Waals surface area contributed by atoms with Crippen molar-refractivity contribution >= 4 is 21.6 Å². The molecular weight excluding hydrogens is 494 g/mol. The molecule has 0 aromatic heterocycles. The summed E-state index contributed by atoms with van der Waals surface area (Å²) < 4.78 is 40.8. The Hall–Kier alpha value is -2.82. The van der Waals surface area contributed by atoms with Crippen LogP contribution in [0.25, 0.3) is 0 Å². The molecule has 2 aliphatic rings. The molecule has 2 aromatic rings. The summed E-state index contributed by atoms with van der Waals surface area (Å²) >= 11 is 0. The molecule has 2 aromatic carbocycles. The Morgan fingerprint density at radius 2 is 1.89 bits per heavy atom. The lowest BCUT2D eigenvalue weighted by atomic mass is 9.99. The van der Waals surface area contributed by atoms with Crippen LogP contribution in [-0.2, 0) is 10.0 Å². The lowest BCUT2D eigenvalue weighted by molar-refractivity contribution is 0.0346. The summed E-state index contributed by atoms with van der Waals surface area (Å²) in [4.78, 5) is 17.6. The van der Waals surface area contributed by atoms with Gasteiger partial charge in [0.15, 0.2) is 5.75 Å². The minimum Gasteiger partial charge on any atom is -0.497 e. The van der Waals surface area contributed by atoms with Gasteiger partial charge in [-0.25, -0.2) is 8.42 Å². The number of likely N-dealkylation sites (N-methyl/N-ethyl adjacent to an activating group) is 1. The van der Waals surface area contributed by atoms with E-state index in [0.717, 1.165) is 6.54 Å². The van der Waals surface area contributed by atoms with E-state index in [0.29, 0.717) is 24.8 Å². The number of fused-ring (bicyclic) bond motifs is 1. The Morgan fingerprint density at radius 1 is 1.19 bits per heavy atom. The highest BCUT2D eigenvalue weighted by Gasteiger charge is 2.35. The monoisotopic (exact) mass is 531 g/mol. The van der Waals surface area contributed by atoms with E-state index in [4.69, 9.17) is 9.47 Å². The number of carbonyl (C=O) groups is 1. The second-order valence-electron chi connectivity index (χ2n) is 10.3. The average molecular weight is 532 g/mol. The van der Waals surface area contributed by atoms with Crippen LogP contribution in [0.2, 0.25) is 0 Å². The fourth-order valence-electron chi connectivity index (χ4n) is 4.62. The number of para-hydroxylation sites is 1. The molecule has 3 atom stereocenters. The number of hydrogen-bond donors (Lipinski definition) is 2. The fraction of sp³-hybridized carbons (Fsp3) is 0.519. The van der Waals surface area contributed by atoms with E-state index in [1.807, 2.05) is 6.92 Å². The molecule has 0 unspecified atom stereocenters. The van der Waals surface area contributed by atoms with Crippen LogP contribution in [0.15, 0.2) is 47.4 Å². The van der Waals surface area contributed by atoms with Crippen molar-refractivity contribution in [2.45, 2.75) is 43.7 Å². The standard InChI is InChI=1S/C27H37N3O6S/c1-18-14-30(19(2)17-31)27(32)23-6-5-7-24(26(23)36-25(18)16-29(3)15-20-8-9-20)28-37(33,34)22-12-10-21(35-4)11-13-22/h5-7,10-13,18-20,25,28,31H,8-9,14-17H2,1-4H3/t18-,19-,25+/m1/s1. The fourth-order valence-corrected chi connectivity index (χ4v) is 5.69. The Labute approximate surface area is 219 Å². The molecule has 2 N–H and O–H groups in total. The summed E-state index contributed by atoms with van der Waals surface area (Å²) in [6, 6.07) is 10.5. The molecule has 4 rings (SSSR count). The van der Waals surface area contributed by atoms with Crippen molar-refractivity contribution in [2.75, 3.05) is 45.1 Å². The Balaban J connectivity index is 1.71. The van der Waals surface area contributed by atoms with Crippen LogP contribution in [0.4, 0.5) is 5.69 Å². The molecule has 1 amide bonds. The van der Waals surface area contributed by atoms with E-state index in [1.165, 1.54) is 32.1 Å². The zero-order valence-electron chi connectivity index (χ0n) is 21.9. The molecule has 9 nitrogen and oxygen atoms in total. The molecule has 202 valence electrons. The van der Waals surface area contributed by atoms with Gasteiger partial charge in [-0.2, -0.15) is 0 Å². The van der Waals surface area contributed by atoms with Crippen LogP contribution >= 0.6 is 0 Å². The molecule has 1 saturated carbocycles. The van der Waals surface area contributed by atoms with E-state index in [2.05, 4.69) is 16.7 Å². The number of anilines is 1. The number of ether oxygens (including phenoxy) is 2. The van der Waals surface area contributed by atoms with Crippen molar-refractivity contribution in [3.05, 3.63) is 48.0 Å². The van der Waals surface area contributed by atoms with E-state index in [9.17, 15) is 18.3 Å². The number of nitrogens with one attached hydrogen (secondary N) is 1. The normalized spacial score (nSPS) is 21.0. The molecule has 1 heterocycles. The van der Waals surface area contributed by atoms with Crippen molar-refractivity contribution in [1.29, 1.82) is 0 Å². The first-order valence-electron chi connectivity index (χ1n) is 12.7. The number of hydrogen-bond acceptors (Lipinski definition) is 7. The van der Waals surface area contributed by atoms with E-state index >= 15 is 0 Å². The Bertz CT molecular complexity index is 1200. The summed E-state index contributed by atoms with van der Waals surface area (Å²) in [7, 11) is -0.394. The second-order valence-corrected chi connectivity index (χ2v) is 11.9. The van der Waals surface area contributed by atoms with Crippen LogP contribution in [0.5, 0.6) is 11.5 Å². The van der Waals surface area contributed by atoms with Gasteiger partial charge < -0.3 is 24.4 Å². The molecule has 0 saturated heterocycles. The van der Waals surface area contributed by atoms with Crippen LogP contribution in [-0.4, -0.2) is 81.8 Å². The number of aliphatic hydroxyl groups excluding tert-OH is 1. The van der Waals surface area contributed by atoms with Crippen molar-refractivity contribution in [1.82, 2.24) is 9.80 Å². The molecule has 10 heteroatoms. The van der Waals surface area contributed by atoms with Gasteiger partial charge in [0.25, 0.3) is 15.9 Å². The quantitative estimate of drug-likeness (QED) is 0.485. The maximum absolute atomic E-state index is 13.6. The molecule has 1 aliphatic carbocycles. The summed E-state index contributed by atoms with van der Waals surface area (Å²) in [5.74, 6) is 1.09. The molecule has 0 radical (unpaired) electrons. The number of aliphatic hydroxyl groups is 1. The minimum atomic E-state index is -3.97. The number of rotatable bonds is 10. The van der Waals surface area contributed by atoms with Gasteiger partial charge in [-0.1, -0.05) is 13.0 Å². The number of methoxy groups -OCH3 is 1. The topological polar surface area (TPSA) is 108 Å². The third kappa shape index (κ3) is 6.37. The summed E-state index contributed by atoms with van der Waals surface area (Å²) in [6.07, 6.45) is 2.18. The number of benzene rings is 2. The molecule has 1 fully saturated rings. The highest BCUT2D eigenvalue weighted by Crippen LogP contribution is 2.36. The summed E-state index contributed by atoms with van der Waals surface area (Å²) in [5, 5.41) is 9.86. The summed E-state index contributed by atoms with van der Waals surface area (Å²) in [5.41, 5.74) is 0.458. The highest BCUT2D eigenvalue weighted by atomic mass is 32.2. The van der Waals surface area contributed by atoms with Gasteiger partial charge in [0, 0.05) is 25.6 Å². The van der Waals surface area contributed by atoms with Crippen LogP contribution < -0.4 is 14.2 Å². The van der Waals surface area contributed by atoms with Gasteiger partial charge in [0.1, 0.15) is 11.9 Å². The molecule has 0 bridgehead atoms. The molecule has 37 heavy (non-hydrogen) atoms. The summed E-state index contributed by atoms with van der Waals surface area (Å²) in [6.45, 7) is 5.67. The van der Waals surface area contributed by atoms with Gasteiger partial charge in [-0.15, -0.1) is 0 Å². The molecule has 0 spiro atoms. The van der Waals surface area contributed by atoms with Gasteiger partial charge >= 0.3 is 0 Å². The number of carbonyl (C=O) groups excluding carboxylic acids is 1. The first-order chi connectivity index (χ1) is 17.6. The predicted octanol–water partition coefficient (Wildman–Crippen LogP) is 3.06. The van der Waals surface area contributed by atoms with Gasteiger partial charge in [-0.3, -0.25) is 9.52 Å². The lowest BCUT2D eigenvalue weighted by Gasteiger charge is -2.38. The van der Waals surface area contributed by atoms with Crippen LogP contribution in [0, 0.1) is 11.8 Å². The maximum atomic E-state index is 13.6. The Kier molecular flexibility index (Phi) is 8.30. The number of nitrogens with zero attached hydrogens (tertiary/aromatic N) is 2. The number of sulfonamides is 1. The first-order valence-corrected chi connectivity index (χ1v) is 14.2. The van der Waals surface area contributed by atoms with Crippen LogP contribution in [0.1, 0.15) is 37.0 Å². The van der Waals surface area contributed by atoms with Crippen LogP contribution in [0.3, 0.4) is 0 Å². The van der Waals surface area contributed by atoms with E-state index < -0.39 is 16.1 Å². The van der Waals surface area contributed by atoms with Crippen molar-refractivity contribution < 1.29 is 27.8 Å². The highest BCUT2D eigenvalue weighted by molar-refractivity contribution is 7.92. The van der Waals surface area contributed by atoms with Gasteiger partial charge in [-0.05, 0) is 69.1 Å². The zero-order chi connectivity index (χ0) is 26.7. The first kappa shape index (κ1) is 27.2. The largest absolute Gasteiger partial charge is 0.497 e. The molecule has 1 aliphatic heterocycles. The smallest absolute Gasteiger partial charge is 0.262 e. The Morgan fingerprint density at radius 3 is 2.51 bits per heavy atom. The second kappa shape index (κ2) is 11.3. The van der Waals surface area contributed by atoms with Crippen molar-refractivity contribution in [3.8, 4) is 11.5 Å². The third-order valence-electron chi connectivity index (χ3n) is 7.06.